The average molecular weight is 412 g/mol. The van der Waals surface area contributed by atoms with Crippen molar-refractivity contribution < 1.29 is 5.11 Å². The lowest BCUT2D eigenvalue weighted by Gasteiger charge is -2.38. The second-order valence-corrected chi connectivity index (χ2v) is 8.89. The van der Waals surface area contributed by atoms with E-state index in [0.717, 1.165) is 48.2 Å². The third kappa shape index (κ3) is 2.94. The van der Waals surface area contributed by atoms with Crippen LogP contribution in [0.4, 0.5) is 5.69 Å². The molecule has 4 aromatic rings. The molecule has 31 heavy (non-hydrogen) atoms. The summed E-state index contributed by atoms with van der Waals surface area (Å²) >= 11 is 0. The van der Waals surface area contributed by atoms with Crippen LogP contribution >= 0.6 is 0 Å². The molecule has 4 N–H and O–H groups in total. The van der Waals surface area contributed by atoms with Gasteiger partial charge in [0, 0.05) is 47.9 Å². The Labute approximate surface area is 180 Å². The first-order valence-corrected chi connectivity index (χ1v) is 10.8. The van der Waals surface area contributed by atoms with Crippen LogP contribution < -0.4 is 10.6 Å². The first-order valence-electron chi connectivity index (χ1n) is 10.8. The number of nitrogens with zero attached hydrogens (tertiary/aromatic N) is 3. The Morgan fingerprint density at radius 1 is 1.06 bits per heavy atom. The third-order valence-corrected chi connectivity index (χ3v) is 6.97. The number of H-pyrrole nitrogens is 1. The van der Waals surface area contributed by atoms with Crippen molar-refractivity contribution in [2.75, 3.05) is 24.5 Å². The molecule has 3 heterocycles. The zero-order chi connectivity index (χ0) is 21.0. The normalized spacial score (nSPS) is 20.8. The van der Waals surface area contributed by atoms with Gasteiger partial charge >= 0.3 is 0 Å². The molecule has 0 amide bonds. The Morgan fingerprint density at radius 3 is 2.77 bits per heavy atom. The minimum Gasteiger partial charge on any atom is -0.389 e. The molecule has 2 aromatic carbocycles. The van der Waals surface area contributed by atoms with Crippen LogP contribution in [0.1, 0.15) is 16.7 Å². The van der Waals surface area contributed by atoms with Crippen molar-refractivity contribution in [2.24, 2.45) is 5.73 Å². The van der Waals surface area contributed by atoms with Crippen LogP contribution in [0.15, 0.2) is 61.1 Å². The summed E-state index contributed by atoms with van der Waals surface area (Å²) in [6.45, 7) is 2.02. The molecule has 1 aliphatic carbocycles. The third-order valence-electron chi connectivity index (χ3n) is 6.97. The van der Waals surface area contributed by atoms with Crippen LogP contribution in [0.3, 0.4) is 0 Å². The number of aliphatic hydroxyl groups excluding tert-OH is 1. The molecular weight excluding hydrogens is 386 g/mol. The Kier molecular flexibility index (Phi) is 4.13. The van der Waals surface area contributed by atoms with Gasteiger partial charge in [0.2, 0.25) is 0 Å². The van der Waals surface area contributed by atoms with Crippen LogP contribution in [-0.4, -0.2) is 45.8 Å². The minimum atomic E-state index is -0.201. The number of nitrogens with one attached hydrogen (secondary N) is 1. The molecule has 0 bridgehead atoms. The number of aromatic amines is 1. The van der Waals surface area contributed by atoms with E-state index >= 15 is 0 Å². The SMILES string of the molecule is NCC1(c2cccc(-c3ncnc4[nH]ccc34)c2)Cc2ccc(N3CC(O)C3)cc2C1. The maximum absolute atomic E-state index is 9.65. The first kappa shape index (κ1) is 18.5. The first-order chi connectivity index (χ1) is 15.1. The lowest BCUT2D eigenvalue weighted by Crippen LogP contribution is -2.50. The van der Waals surface area contributed by atoms with Gasteiger partial charge in [-0.1, -0.05) is 24.3 Å². The number of hydrogen-bond acceptors (Lipinski definition) is 5. The molecule has 1 atom stereocenters. The Hall–Kier alpha value is -3.22. The molecule has 2 aromatic heterocycles. The van der Waals surface area contributed by atoms with E-state index in [9.17, 15) is 5.11 Å². The molecule has 6 nitrogen and oxygen atoms in total. The molecule has 1 aliphatic heterocycles. The molecule has 1 fully saturated rings. The van der Waals surface area contributed by atoms with E-state index in [4.69, 9.17) is 5.73 Å². The Morgan fingerprint density at radius 2 is 1.94 bits per heavy atom. The Balaban J connectivity index is 1.36. The number of rotatable bonds is 4. The van der Waals surface area contributed by atoms with E-state index < -0.39 is 0 Å². The second-order valence-electron chi connectivity index (χ2n) is 8.89. The minimum absolute atomic E-state index is 0.115. The number of aromatic nitrogens is 3. The number of anilines is 1. The zero-order valence-corrected chi connectivity index (χ0v) is 17.3. The van der Waals surface area contributed by atoms with Gasteiger partial charge in [0.05, 0.1) is 11.8 Å². The van der Waals surface area contributed by atoms with E-state index in [1.807, 2.05) is 12.3 Å². The van der Waals surface area contributed by atoms with Crippen molar-refractivity contribution in [3.8, 4) is 11.3 Å². The highest BCUT2D eigenvalue weighted by Crippen LogP contribution is 2.42. The molecular formula is C25H25N5O. The average Bonchev–Trinajstić information content (AvgIpc) is 3.41. The van der Waals surface area contributed by atoms with Gasteiger partial charge in [-0.05, 0) is 53.8 Å². The van der Waals surface area contributed by atoms with Gasteiger partial charge in [0.15, 0.2) is 0 Å². The van der Waals surface area contributed by atoms with Gasteiger partial charge in [0.25, 0.3) is 0 Å². The predicted octanol–water partition coefficient (Wildman–Crippen LogP) is 2.80. The fourth-order valence-electron chi connectivity index (χ4n) is 5.17. The van der Waals surface area contributed by atoms with Crippen molar-refractivity contribution in [1.82, 2.24) is 15.0 Å². The van der Waals surface area contributed by atoms with Gasteiger partial charge in [-0.15, -0.1) is 0 Å². The highest BCUT2D eigenvalue weighted by molar-refractivity contribution is 5.90. The van der Waals surface area contributed by atoms with Gasteiger partial charge in [-0.25, -0.2) is 9.97 Å². The number of nitrogens with two attached hydrogens (primary N) is 1. The number of hydrogen-bond donors (Lipinski definition) is 3. The summed E-state index contributed by atoms with van der Waals surface area (Å²) in [6.07, 6.45) is 5.17. The second kappa shape index (κ2) is 6.90. The van der Waals surface area contributed by atoms with Crippen molar-refractivity contribution in [3.63, 3.8) is 0 Å². The zero-order valence-electron chi connectivity index (χ0n) is 17.3. The summed E-state index contributed by atoms with van der Waals surface area (Å²) < 4.78 is 0. The number of aliphatic hydroxyl groups is 1. The van der Waals surface area contributed by atoms with E-state index in [-0.39, 0.29) is 11.5 Å². The fraction of sp³-hybridized carbons (Fsp3) is 0.280. The van der Waals surface area contributed by atoms with Gasteiger partial charge in [0.1, 0.15) is 12.0 Å². The summed E-state index contributed by atoms with van der Waals surface area (Å²) in [4.78, 5) is 14.3. The lowest BCUT2D eigenvalue weighted by atomic mass is 9.77. The van der Waals surface area contributed by atoms with Gasteiger partial charge < -0.3 is 20.7 Å². The van der Waals surface area contributed by atoms with Crippen LogP contribution in [-0.2, 0) is 18.3 Å². The number of fused-ring (bicyclic) bond motifs is 2. The summed E-state index contributed by atoms with van der Waals surface area (Å²) in [5.41, 5.74) is 14.4. The summed E-state index contributed by atoms with van der Waals surface area (Å²) in [7, 11) is 0. The van der Waals surface area contributed by atoms with Gasteiger partial charge in [-0.2, -0.15) is 0 Å². The topological polar surface area (TPSA) is 91.1 Å². The molecule has 0 spiro atoms. The van der Waals surface area contributed by atoms with Crippen LogP contribution in [0, 0.1) is 0 Å². The largest absolute Gasteiger partial charge is 0.389 e. The molecule has 6 rings (SSSR count). The summed E-state index contributed by atoms with van der Waals surface area (Å²) in [5, 5.41) is 10.7. The molecule has 0 saturated carbocycles. The van der Waals surface area contributed by atoms with Crippen LogP contribution in [0.2, 0.25) is 0 Å². The molecule has 6 heteroatoms. The molecule has 2 aliphatic rings. The van der Waals surface area contributed by atoms with Crippen molar-refractivity contribution >= 4 is 16.7 Å². The maximum atomic E-state index is 9.65. The Bertz CT molecular complexity index is 1280. The fourth-order valence-corrected chi connectivity index (χ4v) is 5.17. The monoisotopic (exact) mass is 411 g/mol. The van der Waals surface area contributed by atoms with Crippen molar-refractivity contribution in [1.29, 1.82) is 0 Å². The van der Waals surface area contributed by atoms with E-state index in [1.54, 1.807) is 6.33 Å². The quantitative estimate of drug-likeness (QED) is 0.480. The molecule has 1 unspecified atom stereocenters. The summed E-state index contributed by atoms with van der Waals surface area (Å²) in [5.74, 6) is 0. The molecule has 0 radical (unpaired) electrons. The highest BCUT2D eigenvalue weighted by atomic mass is 16.3. The highest BCUT2D eigenvalue weighted by Gasteiger charge is 2.38. The van der Waals surface area contributed by atoms with E-state index in [2.05, 4.69) is 62.3 Å². The van der Waals surface area contributed by atoms with Gasteiger partial charge in [-0.3, -0.25) is 0 Å². The summed E-state index contributed by atoms with van der Waals surface area (Å²) in [6, 6.07) is 17.4. The van der Waals surface area contributed by atoms with Crippen molar-refractivity contribution in [3.05, 3.63) is 77.7 Å². The smallest absolute Gasteiger partial charge is 0.141 e. The predicted molar refractivity (Wildman–Crippen MR) is 122 cm³/mol. The maximum Gasteiger partial charge on any atom is 0.141 e. The van der Waals surface area contributed by atoms with Crippen molar-refractivity contribution in [2.45, 2.75) is 24.4 Å². The number of β-amino-alcohol motifs (C(OH)–C–C–N with tert-alkyl or cyclic N) is 1. The lowest BCUT2D eigenvalue weighted by molar-refractivity contribution is 0.142. The molecule has 156 valence electrons. The van der Waals surface area contributed by atoms with E-state index in [1.165, 1.54) is 22.4 Å². The standard InChI is InChI=1S/C25H25N5O/c26-14-25(10-17-4-5-20(9-18(17)11-25)30-12-21(31)13-30)19-3-1-2-16(8-19)23-22-6-7-27-24(22)29-15-28-23/h1-9,15,21,31H,10-14,26H2,(H,27,28,29). The van der Waals surface area contributed by atoms with E-state index in [0.29, 0.717) is 6.54 Å². The molecule has 1 saturated heterocycles. The number of benzene rings is 2. The van der Waals surface area contributed by atoms with Crippen LogP contribution in [0.5, 0.6) is 0 Å². The van der Waals surface area contributed by atoms with Crippen LogP contribution in [0.25, 0.3) is 22.3 Å².